The molecule has 4 heteroatoms. The lowest BCUT2D eigenvalue weighted by atomic mass is 10.0. The van der Waals surface area contributed by atoms with Gasteiger partial charge in [0.15, 0.2) is 11.6 Å². The Bertz CT molecular complexity index is 340. The van der Waals surface area contributed by atoms with Gasteiger partial charge in [-0.1, -0.05) is 13.0 Å². The molecule has 0 aliphatic rings. The molecule has 0 saturated carbocycles. The predicted octanol–water partition coefficient (Wildman–Crippen LogP) is 2.22. The Hall–Kier alpha value is -1.16. The van der Waals surface area contributed by atoms with E-state index in [0.29, 0.717) is 18.4 Å². The minimum Gasteiger partial charge on any atom is -0.396 e. The predicted molar refractivity (Wildman–Crippen MR) is 57.4 cm³/mol. The summed E-state index contributed by atoms with van der Waals surface area (Å²) in [6.07, 6.45) is 1.92. The van der Waals surface area contributed by atoms with Crippen LogP contribution < -0.4 is 11.5 Å². The van der Waals surface area contributed by atoms with E-state index in [2.05, 4.69) is 0 Å². The van der Waals surface area contributed by atoms with Gasteiger partial charge in [-0.05, 0) is 30.9 Å². The summed E-state index contributed by atoms with van der Waals surface area (Å²) >= 11 is 0. The smallest absolute Gasteiger partial charge is 0.181 e. The summed E-state index contributed by atoms with van der Waals surface area (Å²) in [7, 11) is 0. The highest BCUT2D eigenvalue weighted by Gasteiger charge is 2.11. The lowest BCUT2D eigenvalue weighted by Gasteiger charge is -2.09. The third kappa shape index (κ3) is 2.89. The average Bonchev–Trinajstić information content (AvgIpc) is 2.24. The highest BCUT2D eigenvalue weighted by molar-refractivity contribution is 5.42. The Morgan fingerprint density at radius 3 is 2.53 bits per heavy atom. The Balaban J connectivity index is 2.74. The molecule has 2 nitrogen and oxygen atoms in total. The second-order valence-electron chi connectivity index (χ2n) is 3.65. The molecule has 1 unspecified atom stereocenters. The van der Waals surface area contributed by atoms with E-state index in [0.717, 1.165) is 6.42 Å². The van der Waals surface area contributed by atoms with Gasteiger partial charge >= 0.3 is 0 Å². The summed E-state index contributed by atoms with van der Waals surface area (Å²) in [6.45, 7) is 1.96. The molecule has 0 saturated heterocycles. The minimum absolute atomic E-state index is 0.0324. The Morgan fingerprint density at radius 1 is 1.27 bits per heavy atom. The molecule has 0 aliphatic carbocycles. The number of aryl methyl sites for hydroxylation is 1. The van der Waals surface area contributed by atoms with Crippen molar-refractivity contribution >= 4 is 5.69 Å². The number of anilines is 1. The van der Waals surface area contributed by atoms with Crippen molar-refractivity contribution in [2.75, 3.05) is 5.73 Å². The fourth-order valence-electron chi connectivity index (χ4n) is 1.34. The Labute approximate surface area is 88.3 Å². The Morgan fingerprint density at radius 2 is 1.93 bits per heavy atom. The van der Waals surface area contributed by atoms with Gasteiger partial charge in [-0.3, -0.25) is 0 Å². The van der Waals surface area contributed by atoms with Crippen LogP contribution in [0, 0.1) is 11.6 Å². The first kappa shape index (κ1) is 11.9. The maximum absolute atomic E-state index is 13.3. The molecule has 0 fully saturated rings. The second-order valence-corrected chi connectivity index (χ2v) is 3.65. The van der Waals surface area contributed by atoms with E-state index >= 15 is 0 Å². The van der Waals surface area contributed by atoms with Crippen molar-refractivity contribution in [2.45, 2.75) is 32.2 Å². The maximum Gasteiger partial charge on any atom is 0.181 e. The zero-order valence-electron chi connectivity index (χ0n) is 8.76. The summed E-state index contributed by atoms with van der Waals surface area (Å²) in [6, 6.07) is 2.92. The standard InChI is InChI=1S/C11H16F2N2/c1-2-8(14)5-3-7-4-6-9(15)11(13)10(7)12/h4,6,8H,2-3,5,14-15H2,1H3. The number of rotatable bonds is 4. The van der Waals surface area contributed by atoms with Crippen molar-refractivity contribution in [2.24, 2.45) is 5.73 Å². The summed E-state index contributed by atoms with van der Waals surface area (Å²) in [5.74, 6) is -1.81. The first-order valence-electron chi connectivity index (χ1n) is 5.04. The van der Waals surface area contributed by atoms with E-state index in [-0.39, 0.29) is 11.7 Å². The summed E-state index contributed by atoms with van der Waals surface area (Å²) in [5.41, 5.74) is 11.1. The van der Waals surface area contributed by atoms with E-state index in [1.165, 1.54) is 12.1 Å². The quantitative estimate of drug-likeness (QED) is 0.755. The van der Waals surface area contributed by atoms with E-state index in [9.17, 15) is 8.78 Å². The highest BCUT2D eigenvalue weighted by atomic mass is 19.2. The summed E-state index contributed by atoms with van der Waals surface area (Å²) < 4.78 is 26.4. The van der Waals surface area contributed by atoms with E-state index in [1.807, 2.05) is 6.92 Å². The molecule has 0 heterocycles. The van der Waals surface area contributed by atoms with Crippen molar-refractivity contribution in [3.63, 3.8) is 0 Å². The molecule has 0 amide bonds. The molecule has 84 valence electrons. The van der Waals surface area contributed by atoms with Crippen molar-refractivity contribution in [3.8, 4) is 0 Å². The van der Waals surface area contributed by atoms with Gasteiger partial charge < -0.3 is 11.5 Å². The van der Waals surface area contributed by atoms with E-state index in [4.69, 9.17) is 11.5 Å². The van der Waals surface area contributed by atoms with Crippen molar-refractivity contribution in [1.29, 1.82) is 0 Å². The fraction of sp³-hybridized carbons (Fsp3) is 0.455. The van der Waals surface area contributed by atoms with Gasteiger partial charge in [0.1, 0.15) is 0 Å². The van der Waals surface area contributed by atoms with Crippen LogP contribution in [0.2, 0.25) is 0 Å². The van der Waals surface area contributed by atoms with Gasteiger partial charge in [0.2, 0.25) is 0 Å². The van der Waals surface area contributed by atoms with Crippen LogP contribution in [0.1, 0.15) is 25.3 Å². The van der Waals surface area contributed by atoms with Crippen LogP contribution in [0.4, 0.5) is 14.5 Å². The summed E-state index contributed by atoms with van der Waals surface area (Å²) in [4.78, 5) is 0. The van der Waals surface area contributed by atoms with Gasteiger partial charge in [-0.2, -0.15) is 0 Å². The second kappa shape index (κ2) is 5.07. The summed E-state index contributed by atoms with van der Waals surface area (Å²) in [5, 5.41) is 0. The molecule has 1 rings (SSSR count). The molecule has 0 spiro atoms. The monoisotopic (exact) mass is 214 g/mol. The molecule has 1 atom stereocenters. The SMILES string of the molecule is CCC(N)CCc1ccc(N)c(F)c1F. The zero-order chi connectivity index (χ0) is 11.4. The molecule has 0 bridgehead atoms. The van der Waals surface area contributed by atoms with Crippen LogP contribution in [0.3, 0.4) is 0 Å². The minimum atomic E-state index is -0.961. The molecule has 1 aromatic carbocycles. The van der Waals surface area contributed by atoms with Crippen LogP contribution in [0.5, 0.6) is 0 Å². The normalized spacial score (nSPS) is 12.8. The van der Waals surface area contributed by atoms with Gasteiger partial charge in [0, 0.05) is 6.04 Å². The van der Waals surface area contributed by atoms with Crippen molar-refractivity contribution in [3.05, 3.63) is 29.3 Å². The molecule has 0 aliphatic heterocycles. The number of nitrogens with two attached hydrogens (primary N) is 2. The van der Waals surface area contributed by atoms with Gasteiger partial charge in [0.25, 0.3) is 0 Å². The molecule has 0 aromatic heterocycles. The lowest BCUT2D eigenvalue weighted by molar-refractivity contribution is 0.495. The first-order chi connectivity index (χ1) is 7.06. The number of hydrogen-bond acceptors (Lipinski definition) is 2. The first-order valence-corrected chi connectivity index (χ1v) is 5.04. The van der Waals surface area contributed by atoms with Crippen LogP contribution >= 0.6 is 0 Å². The van der Waals surface area contributed by atoms with Crippen LogP contribution in [-0.2, 0) is 6.42 Å². The largest absolute Gasteiger partial charge is 0.396 e. The Kier molecular flexibility index (Phi) is 4.03. The molecule has 1 aromatic rings. The number of benzene rings is 1. The van der Waals surface area contributed by atoms with Crippen LogP contribution in [-0.4, -0.2) is 6.04 Å². The number of nitrogen functional groups attached to an aromatic ring is 1. The average molecular weight is 214 g/mol. The van der Waals surface area contributed by atoms with Crippen molar-refractivity contribution in [1.82, 2.24) is 0 Å². The van der Waals surface area contributed by atoms with E-state index in [1.54, 1.807) is 0 Å². The van der Waals surface area contributed by atoms with Crippen molar-refractivity contribution < 1.29 is 8.78 Å². The van der Waals surface area contributed by atoms with Gasteiger partial charge in [-0.25, -0.2) is 8.78 Å². The molecule has 4 N–H and O–H groups in total. The highest BCUT2D eigenvalue weighted by Crippen LogP contribution is 2.19. The molecule has 0 radical (unpaired) electrons. The van der Waals surface area contributed by atoms with E-state index < -0.39 is 11.6 Å². The lowest BCUT2D eigenvalue weighted by Crippen LogP contribution is -2.19. The van der Waals surface area contributed by atoms with Crippen LogP contribution in [0.15, 0.2) is 12.1 Å². The maximum atomic E-state index is 13.3. The molecular formula is C11H16F2N2. The van der Waals surface area contributed by atoms with Crippen LogP contribution in [0.25, 0.3) is 0 Å². The van der Waals surface area contributed by atoms with Gasteiger partial charge in [-0.15, -0.1) is 0 Å². The third-order valence-electron chi connectivity index (χ3n) is 2.50. The third-order valence-corrected chi connectivity index (χ3v) is 2.50. The number of halogens is 2. The molecule has 15 heavy (non-hydrogen) atoms. The zero-order valence-corrected chi connectivity index (χ0v) is 8.76. The van der Waals surface area contributed by atoms with Gasteiger partial charge in [0.05, 0.1) is 5.69 Å². The topological polar surface area (TPSA) is 52.0 Å². The number of hydrogen-bond donors (Lipinski definition) is 2. The fourth-order valence-corrected chi connectivity index (χ4v) is 1.34. The molecular weight excluding hydrogens is 198 g/mol.